The number of aryl methyl sites for hydroxylation is 1. The molecule has 0 amide bonds. The minimum atomic E-state index is -5.43. The first-order valence-electron chi connectivity index (χ1n) is 16.3. The van der Waals surface area contributed by atoms with Crippen molar-refractivity contribution in [1.29, 1.82) is 0 Å². The highest BCUT2D eigenvalue weighted by Crippen LogP contribution is 2.48. The number of sulfone groups is 2. The number of aromatic hydroxyl groups is 1. The lowest BCUT2D eigenvalue weighted by molar-refractivity contribution is 0.282. The second-order valence-electron chi connectivity index (χ2n) is 12.1. The average Bonchev–Trinajstić information content (AvgIpc) is 3.13. The highest BCUT2D eigenvalue weighted by Gasteiger charge is 2.29. The molecular formula is C30H33N5O21S6. The Morgan fingerprint density at radius 3 is 1.66 bits per heavy atom. The maximum Gasteiger partial charge on any atom is 0.397 e. The molecule has 32 heteroatoms. The summed E-state index contributed by atoms with van der Waals surface area (Å²) < 4.78 is 202. The van der Waals surface area contributed by atoms with Crippen LogP contribution in [0.3, 0.4) is 0 Å². The highest BCUT2D eigenvalue weighted by atomic mass is 32.3. The van der Waals surface area contributed by atoms with Crippen molar-refractivity contribution in [3.63, 3.8) is 0 Å². The van der Waals surface area contributed by atoms with E-state index in [-0.39, 0.29) is 50.1 Å². The number of phenols is 1. The van der Waals surface area contributed by atoms with Gasteiger partial charge in [-0.3, -0.25) is 18.2 Å². The predicted molar refractivity (Wildman–Crippen MR) is 213 cm³/mol. The predicted octanol–water partition coefficient (Wildman–Crippen LogP) is 3.42. The van der Waals surface area contributed by atoms with Gasteiger partial charge in [-0.25, -0.2) is 25.2 Å². The molecule has 62 heavy (non-hydrogen) atoms. The van der Waals surface area contributed by atoms with E-state index in [1.54, 1.807) is 0 Å². The van der Waals surface area contributed by atoms with Crippen LogP contribution in [0, 0.1) is 6.92 Å². The number of hydrogen-bond donors (Lipinski definition) is 6. The van der Waals surface area contributed by atoms with Gasteiger partial charge >= 0.3 is 20.8 Å². The number of rotatable bonds is 19. The Bertz CT molecular complexity index is 3190. The maximum absolute atomic E-state index is 13.0. The molecule has 6 N–H and O–H groups in total. The second kappa shape index (κ2) is 18.4. The minimum Gasteiger partial charge on any atom is -0.504 e. The summed E-state index contributed by atoms with van der Waals surface area (Å²) in [4.78, 5) is -3.83. The first-order valence-corrected chi connectivity index (χ1v) is 25.2. The molecule has 340 valence electrons. The molecule has 4 aromatic rings. The number of methoxy groups -OCH3 is 2. The van der Waals surface area contributed by atoms with E-state index in [0.29, 0.717) is 6.07 Å². The Balaban J connectivity index is 1.93. The van der Waals surface area contributed by atoms with Crippen molar-refractivity contribution in [1.82, 2.24) is 0 Å². The summed E-state index contributed by atoms with van der Waals surface area (Å²) in [6, 6.07) is 6.69. The van der Waals surface area contributed by atoms with E-state index in [0.717, 1.165) is 19.2 Å². The van der Waals surface area contributed by atoms with Gasteiger partial charge in [0, 0.05) is 23.9 Å². The van der Waals surface area contributed by atoms with Crippen molar-refractivity contribution < 1.29 is 91.7 Å². The summed E-state index contributed by atoms with van der Waals surface area (Å²) in [6.07, 6.45) is 0. The molecule has 0 aliphatic heterocycles. The second-order valence-corrected chi connectivity index (χ2v) is 21.3. The number of anilines is 1. The Labute approximate surface area is 353 Å². The molecule has 26 nitrogen and oxygen atoms in total. The maximum atomic E-state index is 13.0. The normalized spacial score (nSPS) is 13.3. The zero-order valence-electron chi connectivity index (χ0n) is 31.9. The SMILES string of the molecule is CNc1ccc2c(OC)c(N=Nc3cc(S(=O)(=O)CCOS(=O)(=O)O)cc(S(=O)(=O)O)c3O)c(S(=O)(=O)O)cc2c1N=Nc1cc(C)c(S(=O)(=O)CCOS(=O)(=O)O)cc1OC. The van der Waals surface area contributed by atoms with Crippen LogP contribution in [0.4, 0.5) is 28.4 Å². The van der Waals surface area contributed by atoms with Crippen molar-refractivity contribution in [2.45, 2.75) is 26.5 Å². The summed E-state index contributed by atoms with van der Waals surface area (Å²) in [6.45, 7) is -0.717. The van der Waals surface area contributed by atoms with Crippen LogP contribution in [-0.4, -0.2) is 120 Å². The fourth-order valence-electron chi connectivity index (χ4n) is 5.38. The third kappa shape index (κ3) is 11.9. The average molecular weight is 992 g/mol. The van der Waals surface area contributed by atoms with Gasteiger partial charge < -0.3 is 19.9 Å². The summed E-state index contributed by atoms with van der Waals surface area (Å²) in [7, 11) is -26.2. The molecule has 0 aliphatic rings. The van der Waals surface area contributed by atoms with E-state index in [1.807, 2.05) is 0 Å². The zero-order valence-corrected chi connectivity index (χ0v) is 36.8. The molecule has 0 aliphatic carbocycles. The van der Waals surface area contributed by atoms with Gasteiger partial charge in [-0.05, 0) is 48.9 Å². The Hall–Kier alpha value is -5.00. The summed E-state index contributed by atoms with van der Waals surface area (Å²) in [5, 5.41) is 29.1. The fourth-order valence-corrected chi connectivity index (χ4v) is 10.0. The highest BCUT2D eigenvalue weighted by molar-refractivity contribution is 7.92. The number of hydrogen-bond acceptors (Lipinski definition) is 22. The van der Waals surface area contributed by atoms with Gasteiger partial charge in [0.25, 0.3) is 20.2 Å². The number of phenolic OH excluding ortho intramolecular Hbond substituents is 1. The molecule has 0 spiro atoms. The topological polar surface area (TPSA) is 404 Å². The number of benzene rings is 4. The van der Waals surface area contributed by atoms with E-state index in [9.17, 15) is 64.7 Å². The van der Waals surface area contributed by atoms with Crippen molar-refractivity contribution in [2.75, 3.05) is 51.3 Å². The monoisotopic (exact) mass is 991 g/mol. The van der Waals surface area contributed by atoms with Crippen LogP contribution in [-0.2, 0) is 69.1 Å². The molecule has 0 saturated carbocycles. The summed E-state index contributed by atoms with van der Waals surface area (Å²) >= 11 is 0. The third-order valence-electron chi connectivity index (χ3n) is 8.10. The smallest absolute Gasteiger partial charge is 0.397 e. The number of ether oxygens (including phenoxy) is 2. The molecule has 0 bridgehead atoms. The van der Waals surface area contributed by atoms with Crippen molar-refractivity contribution in [3.05, 3.63) is 48.0 Å². The number of azo groups is 2. The van der Waals surface area contributed by atoms with E-state index in [2.05, 4.69) is 34.1 Å². The first kappa shape index (κ1) is 49.7. The number of nitrogens with zero attached hydrogens (tertiary/aromatic N) is 4. The molecule has 0 fully saturated rings. The fraction of sp³-hybridized carbons (Fsp3) is 0.267. The van der Waals surface area contributed by atoms with Gasteiger partial charge in [0.2, 0.25) is 0 Å². The van der Waals surface area contributed by atoms with Gasteiger partial charge in [0.15, 0.2) is 31.2 Å². The van der Waals surface area contributed by atoms with E-state index in [1.165, 1.54) is 39.3 Å². The standard InChI is InChI=1S/C30H33N5O21S6/c1-16-11-21(23(53-3)15-24(16)58(39,40)10-8-56-62(50,51)52)32-34-27-19-14-25(59(41,42)43)28(30(54-4)18(19)5-6-20(27)31-2)35-33-22-12-17(13-26(29(22)36)60(44,45)46)57(37,38)9-7-55-61(47,48)49/h5-6,11-15,31,36H,7-10H2,1-4H3,(H,41,42,43)(H,44,45,46)(H,47,48,49)(H,50,51,52). The molecule has 0 saturated heterocycles. The van der Waals surface area contributed by atoms with Crippen LogP contribution in [0.5, 0.6) is 17.2 Å². The van der Waals surface area contributed by atoms with Crippen LogP contribution in [0.1, 0.15) is 5.56 Å². The van der Waals surface area contributed by atoms with Gasteiger partial charge in [-0.2, -0.15) is 33.7 Å². The largest absolute Gasteiger partial charge is 0.504 e. The number of fused-ring (bicyclic) bond motifs is 1. The Morgan fingerprint density at radius 1 is 0.597 bits per heavy atom. The third-order valence-corrected chi connectivity index (χ3v) is 14.2. The van der Waals surface area contributed by atoms with Gasteiger partial charge in [-0.1, -0.05) is 0 Å². The van der Waals surface area contributed by atoms with E-state index in [4.69, 9.17) is 18.6 Å². The van der Waals surface area contributed by atoms with Gasteiger partial charge in [-0.15, -0.1) is 20.5 Å². The lowest BCUT2D eigenvalue weighted by Gasteiger charge is -2.15. The number of nitrogens with one attached hydrogen (secondary N) is 1. The van der Waals surface area contributed by atoms with Crippen LogP contribution >= 0.6 is 0 Å². The lowest BCUT2D eigenvalue weighted by Crippen LogP contribution is -2.16. The molecule has 4 rings (SSSR count). The summed E-state index contributed by atoms with van der Waals surface area (Å²) in [5.41, 5.74) is -1.82. The van der Waals surface area contributed by atoms with Crippen LogP contribution in [0.25, 0.3) is 10.8 Å². The van der Waals surface area contributed by atoms with Gasteiger partial charge in [0.05, 0.1) is 54.4 Å². The van der Waals surface area contributed by atoms with E-state index < -0.39 is 123 Å². The Morgan fingerprint density at radius 2 is 1.15 bits per heavy atom. The van der Waals surface area contributed by atoms with Gasteiger partial charge in [0.1, 0.15) is 38.3 Å². The van der Waals surface area contributed by atoms with Crippen molar-refractivity contribution in [2.24, 2.45) is 20.5 Å². The molecule has 0 radical (unpaired) electrons. The zero-order chi connectivity index (χ0) is 46.8. The van der Waals surface area contributed by atoms with Crippen LogP contribution in [0.2, 0.25) is 0 Å². The molecule has 4 aromatic carbocycles. The molecule has 0 aromatic heterocycles. The van der Waals surface area contributed by atoms with Crippen LogP contribution < -0.4 is 14.8 Å². The van der Waals surface area contributed by atoms with Crippen molar-refractivity contribution >= 4 is 99.9 Å². The summed E-state index contributed by atoms with van der Waals surface area (Å²) in [5.74, 6) is -4.11. The Kier molecular flexibility index (Phi) is 14.7. The lowest BCUT2D eigenvalue weighted by atomic mass is 10.0. The van der Waals surface area contributed by atoms with Crippen LogP contribution in [0.15, 0.2) is 82.5 Å². The molecule has 0 atom stereocenters. The molecule has 0 unspecified atom stereocenters. The van der Waals surface area contributed by atoms with Crippen molar-refractivity contribution in [3.8, 4) is 17.2 Å². The molecular weight excluding hydrogens is 959 g/mol. The first-order chi connectivity index (χ1) is 28.4. The quantitative estimate of drug-likeness (QED) is 0.0579. The molecule has 0 heterocycles. The minimum absolute atomic E-state index is 0.0171. The van der Waals surface area contributed by atoms with E-state index >= 15 is 0 Å².